The summed E-state index contributed by atoms with van der Waals surface area (Å²) >= 11 is 1.84. The fourth-order valence-corrected chi connectivity index (χ4v) is 10.8. The third-order valence-electron chi connectivity index (χ3n) is 8.93. The highest BCUT2D eigenvalue weighted by Gasteiger charge is 2.44. The predicted molar refractivity (Wildman–Crippen MR) is 206 cm³/mol. The van der Waals surface area contributed by atoms with Crippen LogP contribution in [0, 0.1) is 0 Å². The normalized spacial score (nSPS) is 24.8. The first-order valence-electron chi connectivity index (χ1n) is 18.3. The Kier molecular flexibility index (Phi) is 18.1. The van der Waals surface area contributed by atoms with Crippen molar-refractivity contribution in [3.05, 3.63) is 38.7 Å². The number of phosphoric acid groups is 3. The van der Waals surface area contributed by atoms with Gasteiger partial charge in [-0.15, -0.1) is 0 Å². The second kappa shape index (κ2) is 22.0. The van der Waals surface area contributed by atoms with Crippen LogP contribution >= 0.6 is 35.2 Å². The molecule has 25 nitrogen and oxygen atoms in total. The lowest BCUT2D eigenvalue weighted by Crippen LogP contribution is -2.36. The van der Waals surface area contributed by atoms with Gasteiger partial charge in [0.05, 0.1) is 30.4 Å². The number of aliphatic hydroxyl groups excluding tert-OH is 1. The number of phosphoric ester groups is 1. The van der Waals surface area contributed by atoms with Gasteiger partial charge in [-0.2, -0.15) is 20.4 Å². The summed E-state index contributed by atoms with van der Waals surface area (Å²) < 4.78 is 52.4. The van der Waals surface area contributed by atoms with E-state index in [1.165, 1.54) is 12.2 Å². The molecule has 5 amide bonds. The highest BCUT2D eigenvalue weighted by Crippen LogP contribution is 2.66. The molecule has 0 bridgehead atoms. The minimum absolute atomic E-state index is 0.00533. The fourth-order valence-electron chi connectivity index (χ4n) is 6.19. The number of amides is 5. The Morgan fingerprint density at radius 1 is 0.898 bits per heavy atom. The number of aromatic nitrogens is 2. The molecule has 4 rings (SSSR count). The van der Waals surface area contributed by atoms with Crippen LogP contribution in [0.5, 0.6) is 0 Å². The van der Waals surface area contributed by atoms with Crippen LogP contribution in [0.1, 0.15) is 69.6 Å². The van der Waals surface area contributed by atoms with E-state index in [4.69, 9.17) is 14.5 Å². The van der Waals surface area contributed by atoms with Crippen LogP contribution in [0.2, 0.25) is 0 Å². The van der Waals surface area contributed by atoms with Gasteiger partial charge in [0, 0.05) is 62.5 Å². The molecule has 8 atom stereocenters. The van der Waals surface area contributed by atoms with Crippen molar-refractivity contribution in [3.63, 3.8) is 0 Å². The number of hydrogen-bond acceptors (Lipinski definition) is 15. The number of aliphatic hydroxyl groups is 1. The smallest absolute Gasteiger partial charge is 0.390 e. The van der Waals surface area contributed by atoms with Crippen LogP contribution in [-0.4, -0.2) is 120 Å². The molecule has 29 heteroatoms. The Morgan fingerprint density at radius 3 is 2.20 bits per heavy atom. The van der Waals surface area contributed by atoms with Crippen molar-refractivity contribution >= 4 is 65.1 Å². The van der Waals surface area contributed by atoms with Gasteiger partial charge in [-0.05, 0) is 25.7 Å². The molecule has 0 saturated carbocycles. The average Bonchev–Trinajstić information content (AvgIpc) is 3.80. The summed E-state index contributed by atoms with van der Waals surface area (Å²) in [5.74, 6) is 0.259. The summed E-state index contributed by atoms with van der Waals surface area (Å²) in [6.45, 7) is -0.358. The Labute approximate surface area is 340 Å². The zero-order valence-corrected chi connectivity index (χ0v) is 34.8. The number of ether oxygens (including phenoxy) is 1. The quantitative estimate of drug-likeness (QED) is 0.0343. The minimum atomic E-state index is -5.77. The lowest BCUT2D eigenvalue weighted by Gasteiger charge is -2.19. The first-order chi connectivity index (χ1) is 27.7. The number of nitrogens with zero attached hydrogens (tertiary/aromatic N) is 1. The van der Waals surface area contributed by atoms with E-state index in [9.17, 15) is 57.4 Å². The van der Waals surface area contributed by atoms with Crippen LogP contribution in [0.3, 0.4) is 0 Å². The topological polar surface area (TPSA) is 373 Å². The average molecular weight is 920 g/mol. The van der Waals surface area contributed by atoms with E-state index < -0.39 is 59.8 Å². The molecule has 1 aromatic rings. The van der Waals surface area contributed by atoms with Crippen molar-refractivity contribution in [2.24, 2.45) is 0 Å². The van der Waals surface area contributed by atoms with Gasteiger partial charge in [0.25, 0.3) is 5.56 Å². The number of hydrogen-bond donors (Lipinski definition) is 11. The van der Waals surface area contributed by atoms with Gasteiger partial charge < -0.3 is 56.0 Å². The maximum atomic E-state index is 12.5. The van der Waals surface area contributed by atoms with Crippen molar-refractivity contribution in [1.82, 2.24) is 36.1 Å². The minimum Gasteiger partial charge on any atom is -0.390 e. The number of carbonyl (C=O) groups excluding carboxylic acids is 4. The molecule has 3 fully saturated rings. The van der Waals surface area contributed by atoms with Crippen molar-refractivity contribution < 1.29 is 75.4 Å². The Morgan fingerprint density at radius 2 is 1.54 bits per heavy atom. The summed E-state index contributed by atoms with van der Waals surface area (Å²) in [5, 5.41) is 24.7. The number of urea groups is 1. The third kappa shape index (κ3) is 16.6. The van der Waals surface area contributed by atoms with Gasteiger partial charge in [-0.3, -0.25) is 33.3 Å². The monoisotopic (exact) mass is 919 g/mol. The molecular weight excluding hydrogens is 871 g/mol. The molecule has 11 N–H and O–H groups in total. The van der Waals surface area contributed by atoms with Gasteiger partial charge in [-0.25, -0.2) is 23.3 Å². The van der Waals surface area contributed by atoms with E-state index in [2.05, 4.69) is 44.7 Å². The second-order valence-electron chi connectivity index (χ2n) is 13.6. The zero-order chi connectivity index (χ0) is 43.4. The number of unbranched alkanes of at least 4 members (excludes halogenated alkanes) is 1. The summed E-state index contributed by atoms with van der Waals surface area (Å²) in [4.78, 5) is 111. The number of aromatic amines is 1. The van der Waals surface area contributed by atoms with E-state index in [1.54, 1.807) is 0 Å². The molecule has 0 radical (unpaired) electrons. The van der Waals surface area contributed by atoms with Gasteiger partial charge in [0.2, 0.25) is 17.7 Å². The maximum absolute atomic E-state index is 12.5. The zero-order valence-electron chi connectivity index (χ0n) is 31.3. The molecule has 4 heterocycles. The van der Waals surface area contributed by atoms with E-state index in [0.717, 1.165) is 35.8 Å². The van der Waals surface area contributed by atoms with Gasteiger partial charge >= 0.3 is 35.2 Å². The molecule has 3 aliphatic rings. The van der Waals surface area contributed by atoms with Crippen molar-refractivity contribution in [3.8, 4) is 0 Å². The highest BCUT2D eigenvalue weighted by atomic mass is 32.2. The Hall–Kier alpha value is -3.22. The number of nitrogens with one attached hydrogen (secondary N) is 6. The lowest BCUT2D eigenvalue weighted by molar-refractivity contribution is -0.123. The molecule has 3 aliphatic heterocycles. The highest BCUT2D eigenvalue weighted by molar-refractivity contribution is 8.00. The lowest BCUT2D eigenvalue weighted by atomic mass is 10.0. The standard InChI is InChI=1S/C30H48N7O18P3S/c38-20-14-26(53-21(20)16-52-57(48,49)55-58(50,51)54-56(45,46)47)37-15-18(28(42)36-30(37)44)6-3-11-31-24(40)9-5-13-33-25(41)10-4-12-32-23(39)8-2-1-7-22-27-19(17-59-22)34-29(43)35-27/h3,6,15,19-22,26-27,38H,1-2,4-5,7-14,16-17H2,(H,31,40)(H,32,39)(H,33,41)(H,48,49)(H,50,51)(H2,34,35,43)(H,36,42,44)(H2,45,46,47)/b6-3+/t19-,20-,21+,22-,26+,27-/m0/s1. The molecule has 2 unspecified atom stereocenters. The van der Waals surface area contributed by atoms with E-state index in [0.29, 0.717) is 31.1 Å². The van der Waals surface area contributed by atoms with E-state index in [-0.39, 0.29) is 73.8 Å². The predicted octanol–water partition coefficient (Wildman–Crippen LogP) is -0.824. The number of carbonyl (C=O) groups is 4. The molecule has 3 saturated heterocycles. The van der Waals surface area contributed by atoms with Gasteiger partial charge in [0.15, 0.2) is 0 Å². The molecular formula is C30H48N7O18P3S. The van der Waals surface area contributed by atoms with Crippen LogP contribution in [-0.2, 0) is 46.0 Å². The summed E-state index contributed by atoms with van der Waals surface area (Å²) in [6.07, 6.45) is 3.45. The Bertz CT molecular complexity index is 1960. The first-order valence-corrected chi connectivity index (χ1v) is 23.9. The number of rotatable bonds is 24. The van der Waals surface area contributed by atoms with Gasteiger partial charge in [0.1, 0.15) is 12.3 Å². The maximum Gasteiger partial charge on any atom is 0.490 e. The largest absolute Gasteiger partial charge is 0.490 e. The summed E-state index contributed by atoms with van der Waals surface area (Å²) in [6, 6.07) is 0.201. The number of thioether (sulfide) groups is 1. The van der Waals surface area contributed by atoms with Gasteiger partial charge in [-0.1, -0.05) is 18.6 Å². The van der Waals surface area contributed by atoms with E-state index >= 15 is 0 Å². The third-order valence-corrected chi connectivity index (χ3v) is 14.2. The summed E-state index contributed by atoms with van der Waals surface area (Å²) in [5.41, 5.74) is -1.79. The van der Waals surface area contributed by atoms with Crippen LogP contribution in [0.25, 0.3) is 6.08 Å². The van der Waals surface area contributed by atoms with Crippen molar-refractivity contribution in [1.29, 1.82) is 0 Å². The number of fused-ring (bicyclic) bond motifs is 1. The van der Waals surface area contributed by atoms with Crippen molar-refractivity contribution in [2.75, 3.05) is 32.0 Å². The van der Waals surface area contributed by atoms with Crippen LogP contribution in [0.4, 0.5) is 4.79 Å². The molecule has 1 aromatic heterocycles. The first kappa shape index (κ1) is 48.4. The molecule has 59 heavy (non-hydrogen) atoms. The van der Waals surface area contributed by atoms with Crippen LogP contribution < -0.4 is 37.8 Å². The molecule has 0 aliphatic carbocycles. The SMILES string of the molecule is O=C(CCCNC(=O)CCCNC(=O)CCCC[C@@H]1SC[C@@H]2NC(=O)N[C@@H]21)NC/C=C/c1cn([C@H]2C[C@H](O)[C@@H](COP(=O)(O)OP(=O)(O)OP(=O)(O)O)O2)c(=O)[nH]c1=O. The van der Waals surface area contributed by atoms with E-state index in [1.807, 2.05) is 11.8 Å². The summed E-state index contributed by atoms with van der Waals surface area (Å²) in [7, 11) is -16.9. The number of H-pyrrole nitrogens is 1. The Balaban J connectivity index is 1.07. The fraction of sp³-hybridized carbons (Fsp3) is 0.667. The second-order valence-corrected chi connectivity index (χ2v) is 19.2. The molecule has 332 valence electrons. The van der Waals surface area contributed by atoms with Crippen molar-refractivity contribution in [2.45, 2.75) is 93.6 Å². The molecule has 0 aromatic carbocycles. The molecule has 0 spiro atoms. The van der Waals surface area contributed by atoms with Crippen LogP contribution in [0.15, 0.2) is 21.9 Å².